The smallest absolute Gasteiger partial charge is 0.395 e. The predicted molar refractivity (Wildman–Crippen MR) is 67.5 cm³/mol. The lowest BCUT2D eigenvalue weighted by Gasteiger charge is -2.39. The molecule has 0 amide bonds. The number of alkyl halides is 3. The third-order valence-corrected chi connectivity index (χ3v) is 4.57. The summed E-state index contributed by atoms with van der Waals surface area (Å²) in [4.78, 5) is 6.02. The van der Waals surface area contributed by atoms with E-state index in [1.165, 1.54) is 11.3 Å². The van der Waals surface area contributed by atoms with Crippen LogP contribution in [0.2, 0.25) is 0 Å². The highest BCUT2D eigenvalue weighted by atomic mass is 32.1. The molecule has 3 heterocycles. The fourth-order valence-electron chi connectivity index (χ4n) is 2.28. The summed E-state index contributed by atoms with van der Waals surface area (Å²) in [5, 5.41) is 0.615. The first kappa shape index (κ1) is 12.1. The molecule has 4 rings (SSSR count). The van der Waals surface area contributed by atoms with Crippen LogP contribution in [0.4, 0.5) is 18.3 Å². The lowest BCUT2D eigenvalue weighted by atomic mass is 10.0. The van der Waals surface area contributed by atoms with Crippen molar-refractivity contribution in [2.45, 2.75) is 6.18 Å². The minimum Gasteiger partial charge on any atom is -0.454 e. The Hall–Kier alpha value is -1.70. The van der Waals surface area contributed by atoms with Crippen molar-refractivity contribution in [3.63, 3.8) is 0 Å². The molecule has 1 aromatic carbocycles. The number of hydrogen-bond acceptors (Lipinski definition) is 5. The number of halogens is 3. The van der Waals surface area contributed by atoms with Crippen LogP contribution in [0.15, 0.2) is 12.1 Å². The van der Waals surface area contributed by atoms with Gasteiger partial charge in [-0.15, -0.1) is 0 Å². The maximum Gasteiger partial charge on any atom is 0.395 e. The quantitative estimate of drug-likeness (QED) is 0.811. The number of anilines is 1. The van der Waals surface area contributed by atoms with Crippen molar-refractivity contribution in [2.24, 2.45) is 5.92 Å². The Balaban J connectivity index is 1.60. The van der Waals surface area contributed by atoms with Crippen LogP contribution in [0.3, 0.4) is 0 Å². The Morgan fingerprint density at radius 2 is 1.90 bits per heavy atom. The molecule has 0 unspecified atom stereocenters. The molecular formula is C12H9F3N2O2S. The van der Waals surface area contributed by atoms with E-state index in [0.717, 1.165) is 10.2 Å². The number of aromatic nitrogens is 1. The van der Waals surface area contributed by atoms with Crippen LogP contribution in [0.5, 0.6) is 11.5 Å². The number of nitrogens with zero attached hydrogens (tertiary/aromatic N) is 2. The van der Waals surface area contributed by atoms with E-state index in [0.29, 0.717) is 16.6 Å². The van der Waals surface area contributed by atoms with Crippen molar-refractivity contribution in [3.8, 4) is 11.5 Å². The largest absolute Gasteiger partial charge is 0.454 e. The first-order valence-corrected chi connectivity index (χ1v) is 6.84. The lowest BCUT2D eigenvalue weighted by Crippen LogP contribution is -2.53. The van der Waals surface area contributed by atoms with Crippen LogP contribution < -0.4 is 14.4 Å². The van der Waals surface area contributed by atoms with Gasteiger partial charge in [0.15, 0.2) is 16.6 Å². The van der Waals surface area contributed by atoms with E-state index in [1.54, 1.807) is 11.0 Å². The van der Waals surface area contributed by atoms with Gasteiger partial charge in [-0.2, -0.15) is 13.2 Å². The Morgan fingerprint density at radius 1 is 1.20 bits per heavy atom. The third kappa shape index (κ3) is 1.78. The molecule has 0 radical (unpaired) electrons. The molecule has 0 atom stereocenters. The third-order valence-electron chi connectivity index (χ3n) is 3.49. The van der Waals surface area contributed by atoms with Crippen LogP contribution in [-0.2, 0) is 0 Å². The van der Waals surface area contributed by atoms with Crippen LogP contribution in [0, 0.1) is 5.92 Å². The van der Waals surface area contributed by atoms with Gasteiger partial charge in [0.2, 0.25) is 6.79 Å². The maximum absolute atomic E-state index is 12.5. The molecular weight excluding hydrogens is 293 g/mol. The van der Waals surface area contributed by atoms with Gasteiger partial charge in [0.05, 0.1) is 16.1 Å². The molecule has 0 spiro atoms. The van der Waals surface area contributed by atoms with Gasteiger partial charge in [0.1, 0.15) is 0 Å². The van der Waals surface area contributed by atoms with Gasteiger partial charge in [-0.25, -0.2) is 4.98 Å². The highest BCUT2D eigenvalue weighted by Crippen LogP contribution is 2.42. The molecule has 106 valence electrons. The van der Waals surface area contributed by atoms with Crippen molar-refractivity contribution in [1.82, 2.24) is 4.98 Å². The summed E-state index contributed by atoms with van der Waals surface area (Å²) in [6, 6.07) is 3.58. The second-order valence-corrected chi connectivity index (χ2v) is 5.82. The zero-order valence-corrected chi connectivity index (χ0v) is 10.9. The summed E-state index contributed by atoms with van der Waals surface area (Å²) in [7, 11) is 0. The van der Waals surface area contributed by atoms with Crippen molar-refractivity contribution >= 4 is 26.7 Å². The molecule has 0 saturated carbocycles. The number of thiazole rings is 1. The Labute approximate surface area is 115 Å². The van der Waals surface area contributed by atoms with E-state index < -0.39 is 12.1 Å². The van der Waals surface area contributed by atoms with E-state index in [1.807, 2.05) is 6.07 Å². The van der Waals surface area contributed by atoms with Crippen molar-refractivity contribution < 1.29 is 22.6 Å². The summed E-state index contributed by atoms with van der Waals surface area (Å²) in [5.74, 6) is 0.0433. The van der Waals surface area contributed by atoms with E-state index in [9.17, 15) is 13.2 Å². The molecule has 2 aromatic rings. The fraction of sp³-hybridized carbons (Fsp3) is 0.417. The van der Waals surface area contributed by atoms with Crippen LogP contribution in [0.25, 0.3) is 10.2 Å². The van der Waals surface area contributed by atoms with E-state index in [-0.39, 0.29) is 19.9 Å². The Bertz CT molecular complexity index is 638. The van der Waals surface area contributed by atoms with Crippen LogP contribution >= 0.6 is 11.3 Å². The standard InChI is InChI=1S/C12H9F3N2O2S/c13-12(14,15)6-3-17(4-6)11-16-7-1-8-9(19-5-18-8)2-10(7)20-11/h1-2,6H,3-5H2. The van der Waals surface area contributed by atoms with Crippen molar-refractivity contribution in [2.75, 3.05) is 24.8 Å². The summed E-state index contributed by atoms with van der Waals surface area (Å²) >= 11 is 1.37. The van der Waals surface area contributed by atoms with Gasteiger partial charge in [-0.3, -0.25) is 0 Å². The predicted octanol–water partition coefficient (Wildman–Crippen LogP) is 3.02. The van der Waals surface area contributed by atoms with Gasteiger partial charge in [0.25, 0.3) is 0 Å². The topological polar surface area (TPSA) is 34.6 Å². The van der Waals surface area contributed by atoms with Crippen molar-refractivity contribution in [1.29, 1.82) is 0 Å². The molecule has 8 heteroatoms. The van der Waals surface area contributed by atoms with Crippen molar-refractivity contribution in [3.05, 3.63) is 12.1 Å². The van der Waals surface area contributed by atoms with E-state index in [2.05, 4.69) is 4.98 Å². The van der Waals surface area contributed by atoms with E-state index in [4.69, 9.17) is 9.47 Å². The molecule has 1 fully saturated rings. The lowest BCUT2D eigenvalue weighted by molar-refractivity contribution is -0.180. The monoisotopic (exact) mass is 302 g/mol. The summed E-state index contributed by atoms with van der Waals surface area (Å²) in [6.07, 6.45) is -4.12. The van der Waals surface area contributed by atoms with Gasteiger partial charge in [-0.1, -0.05) is 11.3 Å². The second kappa shape index (κ2) is 3.91. The average Bonchev–Trinajstić information content (AvgIpc) is 2.85. The summed E-state index contributed by atoms with van der Waals surface area (Å²) in [5.41, 5.74) is 0.727. The van der Waals surface area contributed by atoms with Crippen LogP contribution in [0.1, 0.15) is 0 Å². The van der Waals surface area contributed by atoms with Crippen LogP contribution in [-0.4, -0.2) is 31.0 Å². The minimum absolute atomic E-state index is 0.0178. The molecule has 4 nitrogen and oxygen atoms in total. The second-order valence-electron chi connectivity index (χ2n) is 4.81. The number of benzene rings is 1. The Morgan fingerprint density at radius 3 is 2.60 bits per heavy atom. The zero-order chi connectivity index (χ0) is 13.9. The number of fused-ring (bicyclic) bond motifs is 2. The Kier molecular flexibility index (Phi) is 2.36. The zero-order valence-electron chi connectivity index (χ0n) is 10.1. The average molecular weight is 302 g/mol. The molecule has 2 aliphatic heterocycles. The number of ether oxygens (including phenoxy) is 2. The van der Waals surface area contributed by atoms with Gasteiger partial charge < -0.3 is 14.4 Å². The van der Waals surface area contributed by atoms with Gasteiger partial charge in [-0.05, 0) is 0 Å². The first-order chi connectivity index (χ1) is 9.50. The molecule has 1 saturated heterocycles. The normalized spacial score (nSPS) is 18.6. The van der Waals surface area contributed by atoms with Gasteiger partial charge in [0, 0.05) is 25.2 Å². The minimum atomic E-state index is -4.12. The maximum atomic E-state index is 12.5. The number of hydrogen-bond donors (Lipinski definition) is 0. The SMILES string of the molecule is FC(F)(F)C1CN(c2nc3cc4c(cc3s2)OCO4)C1. The molecule has 0 bridgehead atoms. The molecule has 0 aliphatic carbocycles. The fourth-order valence-corrected chi connectivity index (χ4v) is 3.28. The van der Waals surface area contributed by atoms with Gasteiger partial charge >= 0.3 is 6.18 Å². The summed E-state index contributed by atoms with van der Waals surface area (Å²) in [6.45, 7) is 0.158. The highest BCUT2D eigenvalue weighted by molar-refractivity contribution is 7.22. The molecule has 0 N–H and O–H groups in total. The first-order valence-electron chi connectivity index (χ1n) is 6.02. The van der Waals surface area contributed by atoms with E-state index >= 15 is 0 Å². The molecule has 1 aromatic heterocycles. The summed E-state index contributed by atoms with van der Waals surface area (Å²) < 4.78 is 48.9. The highest BCUT2D eigenvalue weighted by Gasteiger charge is 2.47. The molecule has 2 aliphatic rings. The number of rotatable bonds is 1. The molecule has 20 heavy (non-hydrogen) atoms.